The number of ether oxygens (including phenoxy) is 1. The Balaban J connectivity index is 1.33. The smallest absolute Gasteiger partial charge is 0.194 e. The molecule has 14 heteroatoms. The number of aliphatic hydroxyl groups is 2. The van der Waals surface area contributed by atoms with Crippen LogP contribution in [-0.2, 0) is 4.74 Å². The van der Waals surface area contributed by atoms with Crippen molar-refractivity contribution >= 4 is 21.6 Å². The number of halogens is 3. The van der Waals surface area contributed by atoms with Crippen molar-refractivity contribution in [3.8, 4) is 16.9 Å². The fraction of sp³-hybridized carbons (Fsp3) is 0.261. The summed E-state index contributed by atoms with van der Waals surface area (Å²) in [5.41, 5.74) is 3.40. The van der Waals surface area contributed by atoms with Crippen LogP contribution in [-0.4, -0.2) is 63.8 Å². The van der Waals surface area contributed by atoms with Crippen molar-refractivity contribution in [2.45, 2.75) is 30.8 Å². The summed E-state index contributed by atoms with van der Waals surface area (Å²) >= 11 is 1.49. The Morgan fingerprint density at radius 1 is 1.11 bits per heavy atom. The van der Waals surface area contributed by atoms with Gasteiger partial charge in [0.1, 0.15) is 30.3 Å². The van der Waals surface area contributed by atoms with Gasteiger partial charge in [-0.15, -0.1) is 16.4 Å². The Hall–Kier alpha value is -3.72. The third kappa shape index (κ3) is 4.17. The van der Waals surface area contributed by atoms with Crippen molar-refractivity contribution in [3.63, 3.8) is 0 Å². The van der Waals surface area contributed by atoms with Crippen LogP contribution in [0.4, 0.5) is 13.2 Å². The van der Waals surface area contributed by atoms with Crippen LogP contribution in [0.3, 0.4) is 0 Å². The van der Waals surface area contributed by atoms with Crippen LogP contribution in [0.25, 0.3) is 27.2 Å². The van der Waals surface area contributed by atoms with Gasteiger partial charge in [-0.1, -0.05) is 5.21 Å². The van der Waals surface area contributed by atoms with E-state index in [0.29, 0.717) is 5.82 Å². The molecule has 190 valence electrons. The van der Waals surface area contributed by atoms with Gasteiger partial charge in [0.2, 0.25) is 0 Å². The Morgan fingerprint density at radius 2 is 1.92 bits per heavy atom. The van der Waals surface area contributed by atoms with Crippen LogP contribution in [0.15, 0.2) is 48.4 Å². The third-order valence-electron chi connectivity index (χ3n) is 6.30. The minimum absolute atomic E-state index is 0.0161. The highest BCUT2D eigenvalue weighted by atomic mass is 32.1. The van der Waals surface area contributed by atoms with Gasteiger partial charge >= 0.3 is 0 Å². The molecule has 0 bridgehead atoms. The maximum absolute atomic E-state index is 13.7. The van der Waals surface area contributed by atoms with Crippen molar-refractivity contribution < 1.29 is 28.1 Å². The molecule has 37 heavy (non-hydrogen) atoms. The number of benzene rings is 2. The van der Waals surface area contributed by atoms with Gasteiger partial charge in [0.25, 0.3) is 0 Å². The van der Waals surface area contributed by atoms with E-state index in [0.717, 1.165) is 28.0 Å². The van der Waals surface area contributed by atoms with Crippen LogP contribution in [0, 0.1) is 17.5 Å². The molecule has 0 aliphatic carbocycles. The molecule has 3 aromatic heterocycles. The Labute approximate surface area is 210 Å². The molecular formula is C23H18F3N7O3S. The number of rotatable bonds is 5. The zero-order chi connectivity index (χ0) is 25.7. The molecule has 6 rings (SSSR count). The lowest BCUT2D eigenvalue weighted by atomic mass is 9.95. The average Bonchev–Trinajstić information content (AvgIpc) is 3.67. The molecule has 2 N–H and O–H groups in total. The van der Waals surface area contributed by atoms with E-state index in [1.807, 2.05) is 18.2 Å². The van der Waals surface area contributed by atoms with Crippen molar-refractivity contribution in [2.24, 2.45) is 0 Å². The van der Waals surface area contributed by atoms with Crippen LogP contribution in [0.2, 0.25) is 0 Å². The molecule has 0 radical (unpaired) electrons. The van der Waals surface area contributed by atoms with E-state index in [-0.39, 0.29) is 17.7 Å². The number of thiazole rings is 1. The predicted octanol–water partition coefficient (Wildman–Crippen LogP) is 2.98. The van der Waals surface area contributed by atoms with Crippen LogP contribution in [0.5, 0.6) is 0 Å². The van der Waals surface area contributed by atoms with Gasteiger partial charge in [-0.25, -0.2) is 32.5 Å². The van der Waals surface area contributed by atoms with E-state index in [9.17, 15) is 23.4 Å². The largest absolute Gasteiger partial charge is 0.394 e. The van der Waals surface area contributed by atoms with E-state index in [4.69, 9.17) is 4.74 Å². The standard InChI is InChI=1S/C23H18F3N7O3S/c24-13-3-11(4-14(25)21(13)26)16-7-32(31-30-16)17-6-18(36-19(8-34)22(17)35)23-27-9-29-33(23)12-1-2-15-20(5-12)37-10-28-15/h1-5,7,9-10,17-19,22,34-35H,6,8H2. The minimum atomic E-state index is -1.58. The molecule has 0 saturated carbocycles. The predicted molar refractivity (Wildman–Crippen MR) is 124 cm³/mol. The summed E-state index contributed by atoms with van der Waals surface area (Å²) in [6.07, 6.45) is 0.0921. The third-order valence-corrected chi connectivity index (χ3v) is 7.09. The number of fused-ring (bicyclic) bond motifs is 1. The summed E-state index contributed by atoms with van der Waals surface area (Å²) < 4.78 is 50.7. The van der Waals surface area contributed by atoms with Gasteiger partial charge in [-0.3, -0.25) is 0 Å². The summed E-state index contributed by atoms with van der Waals surface area (Å²) in [5, 5.41) is 33.1. The molecule has 0 spiro atoms. The van der Waals surface area contributed by atoms with E-state index in [1.165, 1.54) is 28.5 Å². The second kappa shape index (κ2) is 9.30. The molecule has 0 amide bonds. The molecular weight excluding hydrogens is 511 g/mol. The maximum Gasteiger partial charge on any atom is 0.194 e. The summed E-state index contributed by atoms with van der Waals surface area (Å²) in [6, 6.07) is 6.54. The van der Waals surface area contributed by atoms with Gasteiger partial charge in [0, 0.05) is 12.0 Å². The lowest BCUT2D eigenvalue weighted by molar-refractivity contribution is -0.161. The number of hydrogen-bond acceptors (Lipinski definition) is 9. The highest BCUT2D eigenvalue weighted by Gasteiger charge is 2.41. The first-order valence-electron chi connectivity index (χ1n) is 11.2. The quantitative estimate of drug-likeness (QED) is 0.333. The Morgan fingerprint density at radius 3 is 2.70 bits per heavy atom. The van der Waals surface area contributed by atoms with E-state index in [2.05, 4.69) is 25.4 Å². The van der Waals surface area contributed by atoms with Gasteiger partial charge in [-0.05, 0) is 30.3 Å². The summed E-state index contributed by atoms with van der Waals surface area (Å²) in [6.45, 7) is -0.481. The average molecular weight is 530 g/mol. The molecule has 4 heterocycles. The number of aliphatic hydroxyl groups excluding tert-OH is 2. The number of aromatic nitrogens is 7. The topological polar surface area (TPSA) is 124 Å². The van der Waals surface area contributed by atoms with Gasteiger partial charge in [-0.2, -0.15) is 5.10 Å². The molecule has 1 fully saturated rings. The summed E-state index contributed by atoms with van der Waals surface area (Å²) in [5.74, 6) is -3.84. The zero-order valence-electron chi connectivity index (χ0n) is 18.8. The van der Waals surface area contributed by atoms with Crippen molar-refractivity contribution in [2.75, 3.05) is 6.61 Å². The van der Waals surface area contributed by atoms with Crippen molar-refractivity contribution in [3.05, 3.63) is 71.6 Å². The summed E-state index contributed by atoms with van der Waals surface area (Å²) in [4.78, 5) is 8.65. The minimum Gasteiger partial charge on any atom is -0.394 e. The molecule has 10 nitrogen and oxygen atoms in total. The maximum atomic E-state index is 13.7. The molecule has 2 aromatic carbocycles. The molecule has 1 saturated heterocycles. The van der Waals surface area contributed by atoms with E-state index >= 15 is 0 Å². The second-order valence-electron chi connectivity index (χ2n) is 8.51. The monoisotopic (exact) mass is 529 g/mol. The van der Waals surface area contributed by atoms with Crippen LogP contribution >= 0.6 is 11.3 Å². The lowest BCUT2D eigenvalue weighted by Crippen LogP contribution is -2.45. The van der Waals surface area contributed by atoms with Crippen LogP contribution in [0.1, 0.15) is 24.4 Å². The molecule has 1 aliphatic heterocycles. The number of hydrogen-bond donors (Lipinski definition) is 2. The van der Waals surface area contributed by atoms with E-state index < -0.39 is 48.4 Å². The fourth-order valence-corrected chi connectivity index (χ4v) is 5.16. The lowest BCUT2D eigenvalue weighted by Gasteiger charge is -2.38. The van der Waals surface area contributed by atoms with Gasteiger partial charge in [0.15, 0.2) is 23.3 Å². The highest BCUT2D eigenvalue weighted by Crippen LogP contribution is 2.38. The zero-order valence-corrected chi connectivity index (χ0v) is 19.6. The fourth-order valence-electron chi connectivity index (χ4n) is 4.45. The first kappa shape index (κ1) is 23.7. The normalized spacial score (nSPS) is 22.1. The van der Waals surface area contributed by atoms with Gasteiger partial charge < -0.3 is 14.9 Å². The van der Waals surface area contributed by atoms with Crippen molar-refractivity contribution in [1.29, 1.82) is 0 Å². The molecule has 4 unspecified atom stereocenters. The SMILES string of the molecule is OCC1OC(c2ncnn2-c2ccc3ncsc3c2)CC(n2cc(-c3cc(F)c(F)c(F)c3)nn2)C1O. The molecule has 1 aliphatic rings. The first-order valence-corrected chi connectivity index (χ1v) is 12.1. The molecule has 4 atom stereocenters. The molecule has 5 aromatic rings. The Bertz CT molecular complexity index is 1570. The summed E-state index contributed by atoms with van der Waals surface area (Å²) in [7, 11) is 0. The van der Waals surface area contributed by atoms with Crippen LogP contribution < -0.4 is 0 Å². The number of nitrogens with zero attached hydrogens (tertiary/aromatic N) is 7. The first-order chi connectivity index (χ1) is 17.9. The van der Waals surface area contributed by atoms with Gasteiger partial charge in [0.05, 0.1) is 40.3 Å². The Kier molecular flexibility index (Phi) is 5.95. The second-order valence-corrected chi connectivity index (χ2v) is 9.40. The van der Waals surface area contributed by atoms with E-state index in [1.54, 1.807) is 10.2 Å². The highest BCUT2D eigenvalue weighted by molar-refractivity contribution is 7.16. The van der Waals surface area contributed by atoms with Crippen molar-refractivity contribution in [1.82, 2.24) is 34.7 Å².